The molecule has 0 fully saturated rings. The van der Waals surface area contributed by atoms with Crippen LogP contribution in [-0.4, -0.2) is 28.7 Å². The first-order valence-corrected chi connectivity index (χ1v) is 7.22. The van der Waals surface area contributed by atoms with Gasteiger partial charge in [-0.25, -0.2) is 0 Å². The fraction of sp³-hybridized carbons (Fsp3) is 0.333. The van der Waals surface area contributed by atoms with Gasteiger partial charge >= 0.3 is 0 Å². The summed E-state index contributed by atoms with van der Waals surface area (Å²) in [5.41, 5.74) is 0.584. The van der Waals surface area contributed by atoms with Crippen LogP contribution in [0.15, 0.2) is 18.2 Å². The second-order valence-corrected chi connectivity index (χ2v) is 5.66. The van der Waals surface area contributed by atoms with E-state index < -0.39 is 4.92 Å². The molecule has 8 heteroatoms. The van der Waals surface area contributed by atoms with Crippen molar-refractivity contribution in [1.82, 2.24) is 15.5 Å². The van der Waals surface area contributed by atoms with Crippen molar-refractivity contribution in [3.8, 4) is 10.6 Å². The number of aromatic nitrogens is 2. The van der Waals surface area contributed by atoms with Crippen molar-refractivity contribution < 1.29 is 4.92 Å². The molecular formula is C12H13ClN4O2S. The largest absolute Gasteiger partial charge is 0.320 e. The van der Waals surface area contributed by atoms with E-state index in [9.17, 15) is 10.1 Å². The number of hydrogen-bond donors (Lipinski definition) is 1. The van der Waals surface area contributed by atoms with Crippen molar-refractivity contribution >= 4 is 28.6 Å². The van der Waals surface area contributed by atoms with Crippen molar-refractivity contribution in [2.24, 2.45) is 0 Å². The molecule has 0 radical (unpaired) electrons. The number of aryl methyl sites for hydroxylation is 1. The minimum atomic E-state index is -0.468. The molecule has 0 amide bonds. The Morgan fingerprint density at radius 2 is 2.20 bits per heavy atom. The molecule has 6 nitrogen and oxygen atoms in total. The highest BCUT2D eigenvalue weighted by Gasteiger charge is 2.13. The molecular weight excluding hydrogens is 300 g/mol. The minimum Gasteiger partial charge on any atom is -0.320 e. The molecule has 1 heterocycles. The second-order valence-electron chi connectivity index (χ2n) is 4.16. The maximum Gasteiger partial charge on any atom is 0.271 e. The highest BCUT2D eigenvalue weighted by molar-refractivity contribution is 7.14. The van der Waals surface area contributed by atoms with Gasteiger partial charge in [0.25, 0.3) is 5.69 Å². The third kappa shape index (κ3) is 3.72. The number of nitro benzene ring substituents is 1. The number of hydrogen-bond acceptors (Lipinski definition) is 6. The summed E-state index contributed by atoms with van der Waals surface area (Å²) in [6.45, 7) is 0.914. The number of nitro groups is 1. The molecule has 0 unspecified atom stereocenters. The van der Waals surface area contributed by atoms with E-state index in [1.165, 1.54) is 23.5 Å². The molecule has 1 aromatic carbocycles. The minimum absolute atomic E-state index is 0.0422. The summed E-state index contributed by atoms with van der Waals surface area (Å²) < 4.78 is 0. The Morgan fingerprint density at radius 3 is 2.90 bits per heavy atom. The van der Waals surface area contributed by atoms with Crippen molar-refractivity contribution in [3.63, 3.8) is 0 Å². The molecule has 0 aliphatic heterocycles. The van der Waals surface area contributed by atoms with E-state index in [1.807, 2.05) is 7.05 Å². The lowest BCUT2D eigenvalue weighted by Gasteiger charge is -1.98. The van der Waals surface area contributed by atoms with Crippen molar-refractivity contribution in [1.29, 1.82) is 0 Å². The van der Waals surface area contributed by atoms with Crippen molar-refractivity contribution in [2.45, 2.75) is 12.8 Å². The van der Waals surface area contributed by atoms with Gasteiger partial charge < -0.3 is 5.32 Å². The molecule has 0 bridgehead atoms. The normalized spacial score (nSPS) is 10.7. The number of rotatable bonds is 6. The van der Waals surface area contributed by atoms with E-state index in [0.29, 0.717) is 15.6 Å². The van der Waals surface area contributed by atoms with E-state index in [2.05, 4.69) is 15.5 Å². The Hall–Kier alpha value is -1.57. The fourth-order valence-electron chi connectivity index (χ4n) is 1.69. The lowest BCUT2D eigenvalue weighted by Crippen LogP contribution is -2.08. The maximum atomic E-state index is 10.8. The van der Waals surface area contributed by atoms with Crippen molar-refractivity contribution in [2.75, 3.05) is 13.6 Å². The van der Waals surface area contributed by atoms with Crippen molar-refractivity contribution in [3.05, 3.63) is 38.3 Å². The summed E-state index contributed by atoms with van der Waals surface area (Å²) in [6.07, 6.45) is 1.81. The zero-order valence-electron chi connectivity index (χ0n) is 10.8. The highest BCUT2D eigenvalue weighted by Crippen LogP contribution is 2.30. The first-order valence-electron chi connectivity index (χ1n) is 6.02. The molecule has 0 spiro atoms. The first kappa shape index (κ1) is 14.8. The first-order chi connectivity index (χ1) is 9.60. The Kier molecular flexibility index (Phi) is 4.99. The average Bonchev–Trinajstić information content (AvgIpc) is 2.87. The molecule has 0 saturated carbocycles. The summed E-state index contributed by atoms with van der Waals surface area (Å²) >= 11 is 7.33. The molecule has 1 N–H and O–H groups in total. The summed E-state index contributed by atoms with van der Waals surface area (Å²) in [5.74, 6) is 0. The number of nitrogens with zero attached hydrogens (tertiary/aromatic N) is 3. The number of non-ortho nitro benzene ring substituents is 1. The van der Waals surface area contributed by atoms with Crippen LogP contribution in [0.3, 0.4) is 0 Å². The van der Waals surface area contributed by atoms with Crippen LogP contribution in [0.5, 0.6) is 0 Å². The van der Waals surface area contributed by atoms with E-state index >= 15 is 0 Å². The molecule has 0 aliphatic carbocycles. The Bertz CT molecular complexity index is 617. The van der Waals surface area contributed by atoms with Gasteiger partial charge in [-0.05, 0) is 26.1 Å². The zero-order chi connectivity index (χ0) is 14.5. The maximum absolute atomic E-state index is 10.8. The lowest BCUT2D eigenvalue weighted by atomic mass is 10.2. The highest BCUT2D eigenvalue weighted by atomic mass is 35.5. The molecule has 106 valence electrons. The topological polar surface area (TPSA) is 81.0 Å². The summed E-state index contributed by atoms with van der Waals surface area (Å²) in [5, 5.41) is 23.9. The fourth-order valence-corrected chi connectivity index (χ4v) is 2.79. The molecule has 20 heavy (non-hydrogen) atoms. The van der Waals surface area contributed by atoms with E-state index in [-0.39, 0.29) is 5.69 Å². The number of halogens is 1. The van der Waals surface area contributed by atoms with E-state index in [1.54, 1.807) is 6.07 Å². The van der Waals surface area contributed by atoms with Crippen LogP contribution in [-0.2, 0) is 6.42 Å². The molecule has 1 aromatic heterocycles. The van der Waals surface area contributed by atoms with Gasteiger partial charge in [-0.1, -0.05) is 22.9 Å². The van der Waals surface area contributed by atoms with Gasteiger partial charge in [0.2, 0.25) is 0 Å². The second kappa shape index (κ2) is 6.74. The quantitative estimate of drug-likeness (QED) is 0.504. The Balaban J connectivity index is 2.21. The third-order valence-electron chi connectivity index (χ3n) is 2.62. The van der Waals surface area contributed by atoms with Gasteiger partial charge in [-0.15, -0.1) is 10.2 Å². The number of benzene rings is 1. The van der Waals surface area contributed by atoms with Gasteiger partial charge in [0.05, 0.1) is 4.92 Å². The molecule has 2 aromatic rings. The SMILES string of the molecule is CNCCCc1nnc(-c2cc(Cl)cc([N+](=O)[O-])c2)s1. The average molecular weight is 313 g/mol. The van der Waals surface area contributed by atoms with E-state index in [4.69, 9.17) is 11.6 Å². The van der Waals surface area contributed by atoms with Crippen LogP contribution in [0.2, 0.25) is 5.02 Å². The van der Waals surface area contributed by atoms with Crippen LogP contribution in [0.4, 0.5) is 5.69 Å². The zero-order valence-corrected chi connectivity index (χ0v) is 12.4. The van der Waals surface area contributed by atoms with Crippen LogP contribution in [0, 0.1) is 10.1 Å². The van der Waals surface area contributed by atoms with Crippen LogP contribution < -0.4 is 5.32 Å². The van der Waals surface area contributed by atoms with Crippen LogP contribution >= 0.6 is 22.9 Å². The predicted molar refractivity (Wildman–Crippen MR) is 79.3 cm³/mol. The van der Waals surface area contributed by atoms with E-state index in [0.717, 1.165) is 24.4 Å². The number of nitrogens with one attached hydrogen (secondary N) is 1. The van der Waals surface area contributed by atoms with Crippen LogP contribution in [0.25, 0.3) is 10.6 Å². The summed E-state index contributed by atoms with van der Waals surface area (Å²) in [6, 6.07) is 4.44. The smallest absolute Gasteiger partial charge is 0.271 e. The Labute approximate surface area is 125 Å². The summed E-state index contributed by atoms with van der Waals surface area (Å²) in [7, 11) is 1.90. The van der Waals surface area contributed by atoms with Gasteiger partial charge in [0, 0.05) is 29.1 Å². The van der Waals surface area contributed by atoms with Gasteiger partial charge in [-0.3, -0.25) is 10.1 Å². The summed E-state index contributed by atoms with van der Waals surface area (Å²) in [4.78, 5) is 10.4. The predicted octanol–water partition coefficient (Wildman–Crippen LogP) is 2.92. The third-order valence-corrected chi connectivity index (χ3v) is 3.87. The molecule has 0 saturated heterocycles. The Morgan fingerprint density at radius 1 is 1.40 bits per heavy atom. The molecule has 0 atom stereocenters. The molecule has 2 rings (SSSR count). The van der Waals surface area contributed by atoms with Crippen LogP contribution in [0.1, 0.15) is 11.4 Å². The van der Waals surface area contributed by atoms with Gasteiger partial charge in [0.1, 0.15) is 10.0 Å². The van der Waals surface area contributed by atoms with Gasteiger partial charge in [0.15, 0.2) is 0 Å². The monoisotopic (exact) mass is 312 g/mol. The standard InChI is InChI=1S/C12H13ClN4O2S/c1-14-4-2-3-11-15-16-12(20-11)8-5-9(13)7-10(6-8)17(18)19/h5-7,14H,2-4H2,1H3. The van der Waals surface area contributed by atoms with Gasteiger partial charge in [-0.2, -0.15) is 0 Å². The lowest BCUT2D eigenvalue weighted by molar-refractivity contribution is -0.384. The molecule has 0 aliphatic rings.